The van der Waals surface area contributed by atoms with E-state index < -0.39 is 12.1 Å². The van der Waals surface area contributed by atoms with Crippen LogP contribution < -0.4 is 10.6 Å². The lowest BCUT2D eigenvalue weighted by Crippen LogP contribution is -2.46. The number of imidazole rings is 2. The van der Waals surface area contributed by atoms with Crippen molar-refractivity contribution in [2.24, 2.45) is 0 Å². The number of likely N-dealkylation sites (tertiary alicyclic amines) is 2. The third-order valence-electron chi connectivity index (χ3n) is 11.0. The summed E-state index contributed by atoms with van der Waals surface area (Å²) in [5.41, 5.74) is 7.92. The predicted molar refractivity (Wildman–Crippen MR) is 211 cm³/mol. The lowest BCUT2D eigenvalue weighted by molar-refractivity contribution is -0.135. The molecule has 4 aromatic carbocycles. The maximum Gasteiger partial charge on any atom is 0.407 e. The van der Waals surface area contributed by atoms with E-state index in [1.807, 2.05) is 24.0 Å². The van der Waals surface area contributed by atoms with E-state index in [0.29, 0.717) is 19.8 Å². The van der Waals surface area contributed by atoms with Gasteiger partial charge in [0.1, 0.15) is 17.7 Å². The number of hydrogen-bond donors (Lipinski definition) is 4. The van der Waals surface area contributed by atoms with Crippen molar-refractivity contribution in [1.82, 2.24) is 40.4 Å². The van der Waals surface area contributed by atoms with Gasteiger partial charge in [0, 0.05) is 20.2 Å². The van der Waals surface area contributed by atoms with E-state index in [1.54, 1.807) is 18.9 Å². The molecule has 8 rings (SSSR count). The third-order valence-corrected chi connectivity index (χ3v) is 11.0. The number of hydrogen-bond acceptors (Lipinski definition) is 8. The number of ether oxygens (including phenoxy) is 2. The molecule has 2 aliphatic rings. The van der Waals surface area contributed by atoms with Gasteiger partial charge in [0.2, 0.25) is 11.8 Å². The Kier molecular flexibility index (Phi) is 9.97. The van der Waals surface area contributed by atoms with Gasteiger partial charge in [-0.3, -0.25) is 14.9 Å². The third kappa shape index (κ3) is 7.12. The number of amides is 3. The standard InChI is InChI=1S/C42H46N8O5/c1-24(43-23-54-3)40(51)49-17-5-7-36(49)38-45-32-15-13-30(21-34(32)47-38)28-11-9-27-20-29(12-10-26(27)19-28)31-14-16-33-35(22-31)48-39(46-33)37-8-6-18-50(37)41(52)25(2)44-42(53)55-4/h9-16,19-22,24-25,36-37,43H,5-8,17-18,23H2,1-4H3,(H,44,53)(H,45,47)(H,46,48)/t24-,25-,36-,37-/m0/s1. The molecule has 55 heavy (non-hydrogen) atoms. The number of alkyl carbamates (subject to hydrolysis) is 1. The maximum atomic E-state index is 13.2. The SMILES string of the molecule is COCN[C@@H](C)C(=O)N1CCC[C@H]1c1nc2ccc(-c3ccc4cc(-c5ccc6nc([C@@H]7CCCN7C(=O)[C@H](C)NC(=O)OC)[nH]c6c5)ccc4c3)cc2[nH]1. The Morgan fingerprint density at radius 1 is 0.709 bits per heavy atom. The smallest absolute Gasteiger partial charge is 0.407 e. The van der Waals surface area contributed by atoms with E-state index in [4.69, 9.17) is 14.7 Å². The molecule has 2 aromatic heterocycles. The van der Waals surface area contributed by atoms with Crippen molar-refractivity contribution in [3.8, 4) is 22.3 Å². The van der Waals surface area contributed by atoms with Crippen molar-refractivity contribution >= 4 is 50.7 Å². The molecule has 0 radical (unpaired) electrons. The lowest BCUT2D eigenvalue weighted by Gasteiger charge is -2.26. The summed E-state index contributed by atoms with van der Waals surface area (Å²) in [5, 5.41) is 7.96. The fourth-order valence-corrected chi connectivity index (χ4v) is 8.06. The van der Waals surface area contributed by atoms with Crippen LogP contribution in [0.3, 0.4) is 0 Å². The first kappa shape index (κ1) is 36.2. The average molecular weight is 743 g/mol. The van der Waals surface area contributed by atoms with E-state index in [2.05, 4.69) is 86.0 Å². The van der Waals surface area contributed by atoms with Gasteiger partial charge < -0.3 is 34.6 Å². The highest BCUT2D eigenvalue weighted by atomic mass is 16.5. The minimum absolute atomic E-state index is 0.0553. The highest BCUT2D eigenvalue weighted by molar-refractivity contribution is 5.93. The van der Waals surface area contributed by atoms with Gasteiger partial charge in [0.05, 0.1) is 54.0 Å². The van der Waals surface area contributed by atoms with E-state index >= 15 is 0 Å². The molecule has 13 heteroatoms. The largest absolute Gasteiger partial charge is 0.453 e. The lowest BCUT2D eigenvalue weighted by atomic mass is 9.97. The number of nitrogens with one attached hydrogen (secondary N) is 4. The molecule has 2 fully saturated rings. The second kappa shape index (κ2) is 15.2. The van der Waals surface area contributed by atoms with Gasteiger partial charge in [-0.25, -0.2) is 14.8 Å². The van der Waals surface area contributed by atoms with E-state index in [9.17, 15) is 14.4 Å². The van der Waals surface area contributed by atoms with Crippen molar-refractivity contribution in [2.75, 3.05) is 34.0 Å². The zero-order valence-corrected chi connectivity index (χ0v) is 31.5. The van der Waals surface area contributed by atoms with Crippen LogP contribution in [0.2, 0.25) is 0 Å². The average Bonchev–Trinajstić information content (AvgIpc) is 4.03. The van der Waals surface area contributed by atoms with Crippen molar-refractivity contribution in [1.29, 1.82) is 0 Å². The highest BCUT2D eigenvalue weighted by Crippen LogP contribution is 2.36. The van der Waals surface area contributed by atoms with E-state index in [1.165, 1.54) is 7.11 Å². The summed E-state index contributed by atoms with van der Waals surface area (Å²) in [5.74, 6) is 1.46. The summed E-state index contributed by atoms with van der Waals surface area (Å²) in [6.45, 7) is 5.18. The van der Waals surface area contributed by atoms with Crippen LogP contribution in [-0.4, -0.2) is 93.8 Å². The quantitative estimate of drug-likeness (QED) is 0.115. The summed E-state index contributed by atoms with van der Waals surface area (Å²) in [7, 11) is 2.89. The Balaban J connectivity index is 0.992. The molecule has 4 atom stereocenters. The molecule has 3 amide bonds. The van der Waals surface area contributed by atoms with Gasteiger partial charge in [-0.1, -0.05) is 36.4 Å². The van der Waals surface area contributed by atoms with Crippen LogP contribution in [0, 0.1) is 0 Å². The van der Waals surface area contributed by atoms with Crippen molar-refractivity contribution in [3.63, 3.8) is 0 Å². The first-order valence-electron chi connectivity index (χ1n) is 18.9. The van der Waals surface area contributed by atoms with Crippen molar-refractivity contribution in [3.05, 3.63) is 84.4 Å². The topological polar surface area (TPSA) is 158 Å². The van der Waals surface area contributed by atoms with Gasteiger partial charge in [0.15, 0.2) is 0 Å². The fourth-order valence-electron chi connectivity index (χ4n) is 8.06. The number of H-pyrrole nitrogens is 2. The molecule has 4 N–H and O–H groups in total. The van der Waals surface area contributed by atoms with Crippen LogP contribution in [0.15, 0.2) is 72.8 Å². The molecule has 2 aliphatic heterocycles. The zero-order valence-electron chi connectivity index (χ0n) is 31.5. The Hall–Kier alpha value is -5.79. The molecule has 284 valence electrons. The summed E-state index contributed by atoms with van der Waals surface area (Å²) in [6, 6.07) is 24.2. The molecule has 0 spiro atoms. The monoisotopic (exact) mass is 742 g/mol. The molecule has 0 saturated carbocycles. The number of rotatable bonds is 10. The maximum absolute atomic E-state index is 13.2. The minimum Gasteiger partial charge on any atom is -0.453 e. The van der Waals surface area contributed by atoms with Gasteiger partial charge in [-0.05, 0) is 109 Å². The summed E-state index contributed by atoms with van der Waals surface area (Å²) >= 11 is 0. The molecule has 13 nitrogen and oxygen atoms in total. The van der Waals surface area contributed by atoms with Crippen molar-refractivity contribution < 1.29 is 23.9 Å². The van der Waals surface area contributed by atoms with Crippen LogP contribution in [-0.2, 0) is 19.1 Å². The molecule has 6 aromatic rings. The first-order valence-corrected chi connectivity index (χ1v) is 18.9. The number of carbonyl (C=O) groups excluding carboxylic acids is 3. The molecule has 0 aliphatic carbocycles. The van der Waals surface area contributed by atoms with Gasteiger partial charge >= 0.3 is 6.09 Å². The molecule has 4 heterocycles. The Labute approximate surface area is 318 Å². The summed E-state index contributed by atoms with van der Waals surface area (Å²) in [6.07, 6.45) is 2.83. The molecular formula is C42H46N8O5. The van der Waals surface area contributed by atoms with Gasteiger partial charge in [0.25, 0.3) is 0 Å². The number of fused-ring (bicyclic) bond motifs is 3. The normalized spacial score (nSPS) is 18.3. The van der Waals surface area contributed by atoms with Crippen LogP contribution >= 0.6 is 0 Å². The zero-order chi connectivity index (χ0) is 38.2. The Morgan fingerprint density at radius 3 is 1.67 bits per heavy atom. The second-order valence-electron chi connectivity index (χ2n) is 14.6. The van der Waals surface area contributed by atoms with Crippen LogP contribution in [0.4, 0.5) is 4.79 Å². The number of aromatic nitrogens is 4. The first-order chi connectivity index (χ1) is 26.7. The number of methoxy groups -OCH3 is 2. The van der Waals surface area contributed by atoms with Gasteiger partial charge in [-0.2, -0.15) is 0 Å². The van der Waals surface area contributed by atoms with Gasteiger partial charge in [-0.15, -0.1) is 0 Å². The number of aromatic amines is 2. The second-order valence-corrected chi connectivity index (χ2v) is 14.6. The van der Waals surface area contributed by atoms with E-state index in [0.717, 1.165) is 92.4 Å². The van der Waals surface area contributed by atoms with Crippen molar-refractivity contribution in [2.45, 2.75) is 63.7 Å². The van der Waals surface area contributed by atoms with E-state index in [-0.39, 0.29) is 29.9 Å². The Bertz CT molecular complexity index is 2400. The number of carbonyl (C=O) groups is 3. The molecule has 2 saturated heterocycles. The minimum atomic E-state index is -0.701. The molecule has 0 unspecified atom stereocenters. The van der Waals surface area contributed by atoms with Crippen LogP contribution in [0.1, 0.15) is 63.3 Å². The summed E-state index contributed by atoms with van der Waals surface area (Å²) < 4.78 is 9.77. The number of nitrogens with zero attached hydrogens (tertiary/aromatic N) is 4. The number of benzene rings is 4. The Morgan fingerprint density at radius 2 is 1.18 bits per heavy atom. The van der Waals surface area contributed by atoms with Crippen LogP contribution in [0.5, 0.6) is 0 Å². The fraction of sp³-hybridized carbons (Fsp3) is 0.357. The highest BCUT2D eigenvalue weighted by Gasteiger charge is 2.36. The predicted octanol–water partition coefficient (Wildman–Crippen LogP) is 6.58. The molecule has 0 bridgehead atoms. The summed E-state index contributed by atoms with van der Waals surface area (Å²) in [4.78, 5) is 58.6. The van der Waals surface area contributed by atoms with Crippen LogP contribution in [0.25, 0.3) is 55.1 Å². The molecular weight excluding hydrogens is 697 g/mol.